The van der Waals surface area contributed by atoms with Gasteiger partial charge in [-0.3, -0.25) is 19.1 Å². The molecule has 1 saturated heterocycles. The molecule has 0 radical (unpaired) electrons. The predicted molar refractivity (Wildman–Crippen MR) is 225 cm³/mol. The van der Waals surface area contributed by atoms with E-state index in [-0.39, 0.29) is 44.4 Å². The highest BCUT2D eigenvalue weighted by Gasteiger charge is 2.62. The Kier molecular flexibility index (Phi) is 11.9. The molecule has 5 atom stereocenters. The van der Waals surface area contributed by atoms with Crippen LogP contribution in [-0.4, -0.2) is 96.3 Å². The molecule has 4 bridgehead atoms. The molecule has 2 aromatic heterocycles. The summed E-state index contributed by atoms with van der Waals surface area (Å²) in [4.78, 5) is 67.3. The minimum atomic E-state index is -3.92. The number of carbonyl (C=O) groups excluding carboxylic acids is 4. The van der Waals surface area contributed by atoms with Crippen LogP contribution in [0, 0.1) is 17.3 Å². The molecule has 16 nitrogen and oxygen atoms in total. The van der Waals surface area contributed by atoms with Gasteiger partial charge in [-0.25, -0.2) is 23.2 Å². The number of nitrogens with zero attached hydrogens (tertiary/aromatic N) is 3. The van der Waals surface area contributed by atoms with E-state index in [0.717, 1.165) is 36.9 Å². The summed E-state index contributed by atoms with van der Waals surface area (Å²) in [5, 5.41) is 7.65. The molecule has 4 fully saturated rings. The number of aromatic nitrogens is 2. The molecule has 5 aliphatic rings. The number of benzene rings is 1. The summed E-state index contributed by atoms with van der Waals surface area (Å²) < 4.78 is 52.5. The van der Waals surface area contributed by atoms with Crippen molar-refractivity contribution < 1.29 is 46.5 Å². The highest BCUT2D eigenvalue weighted by molar-refractivity contribution is 7.91. The van der Waals surface area contributed by atoms with Crippen LogP contribution in [0.15, 0.2) is 41.7 Å². The fourth-order valence-corrected chi connectivity index (χ4v) is 10.8. The van der Waals surface area contributed by atoms with E-state index in [4.69, 9.17) is 23.9 Å². The van der Waals surface area contributed by atoms with Gasteiger partial charge in [0.1, 0.15) is 41.8 Å². The van der Waals surface area contributed by atoms with E-state index in [1.165, 1.54) is 22.3 Å². The zero-order valence-electron chi connectivity index (χ0n) is 34.8. The first kappa shape index (κ1) is 42.7. The van der Waals surface area contributed by atoms with Crippen LogP contribution in [0.4, 0.5) is 4.79 Å². The van der Waals surface area contributed by atoms with E-state index in [1.807, 2.05) is 31.4 Å². The lowest BCUT2D eigenvalue weighted by Gasteiger charge is -2.32. The molecule has 8 rings (SSSR count). The number of methoxy groups -OCH3 is 1. The number of nitrogens with one attached hydrogen (secondary N) is 3. The van der Waals surface area contributed by atoms with Gasteiger partial charge < -0.3 is 34.5 Å². The van der Waals surface area contributed by atoms with Crippen LogP contribution < -0.4 is 29.6 Å². The quantitative estimate of drug-likeness (QED) is 0.219. The molecule has 0 spiro atoms. The zero-order chi connectivity index (χ0) is 43.1. The first-order chi connectivity index (χ1) is 29.2. The van der Waals surface area contributed by atoms with Crippen LogP contribution in [-0.2, 0) is 42.2 Å². The summed E-state index contributed by atoms with van der Waals surface area (Å²) in [6.45, 7) is 8.12. The van der Waals surface area contributed by atoms with Crippen molar-refractivity contribution in [3.05, 3.63) is 53.0 Å². The number of sulfonamides is 1. The molecule has 3 N–H and O–H groups in total. The molecular weight excluding hydrogens is 825 g/mol. The van der Waals surface area contributed by atoms with Gasteiger partial charge in [0.2, 0.25) is 27.7 Å². The normalized spacial score (nSPS) is 27.0. The number of alkyl carbamates (subject to hydrolysis) is 1. The minimum Gasteiger partial charge on any atom is -0.496 e. The molecule has 1 aromatic carbocycles. The number of pyridine rings is 1. The van der Waals surface area contributed by atoms with Gasteiger partial charge in [0.15, 0.2) is 0 Å². The standard InChI is InChI=1S/C43H54N6O10S2/c1-5-27-19-43(27,40(52)48-61(54,55)30-12-13-30)47-38(50)33-16-29-20-49(33)39(51)37(25-9-6-7-10-25)46-41(53)58-23-42(2,3)14-8-11-26-15-31-32(17-34(26)56-4)45-36(18-35(31)59-29)57-21-28-22-60-24-44-28/h5,15,17-18,22,24-25,27,29-30,33,37H,1,6-14,16,19-21,23H2,2-4H3,(H,46,53)(H,47,50)(H,48,52)/t27-,29+,33-,37-,43-/m0/s1. The smallest absolute Gasteiger partial charge is 0.407 e. The maximum absolute atomic E-state index is 14.9. The van der Waals surface area contributed by atoms with Crippen LogP contribution in [0.5, 0.6) is 17.4 Å². The second kappa shape index (κ2) is 17.1. The van der Waals surface area contributed by atoms with Crippen LogP contribution in [0.2, 0.25) is 0 Å². The van der Waals surface area contributed by atoms with Crippen LogP contribution in [0.1, 0.15) is 89.3 Å². The zero-order valence-corrected chi connectivity index (χ0v) is 36.4. The third-order valence-corrected chi connectivity index (χ3v) is 15.2. The number of thiazole rings is 1. The molecule has 2 aliphatic heterocycles. The highest BCUT2D eigenvalue weighted by atomic mass is 32.2. The Morgan fingerprint density at radius 1 is 1.13 bits per heavy atom. The number of ether oxygens (including phenoxy) is 4. The summed E-state index contributed by atoms with van der Waals surface area (Å²) in [7, 11) is -2.32. The van der Waals surface area contributed by atoms with Crippen molar-refractivity contribution in [2.75, 3.05) is 20.3 Å². The Balaban J connectivity index is 1.16. The number of hydrogen-bond acceptors (Lipinski definition) is 13. The lowest BCUT2D eigenvalue weighted by molar-refractivity contribution is -0.142. The summed E-state index contributed by atoms with van der Waals surface area (Å²) in [6, 6.07) is 3.39. The Morgan fingerprint density at radius 3 is 2.61 bits per heavy atom. The molecule has 18 heteroatoms. The molecule has 4 amide bonds. The number of carbonyl (C=O) groups is 4. The summed E-state index contributed by atoms with van der Waals surface area (Å²) in [5.74, 6) is -1.36. The number of hydrogen-bond donors (Lipinski definition) is 3. The largest absolute Gasteiger partial charge is 0.496 e. The molecule has 61 heavy (non-hydrogen) atoms. The van der Waals surface area contributed by atoms with E-state index < -0.39 is 74.1 Å². The van der Waals surface area contributed by atoms with Crippen LogP contribution in [0.3, 0.4) is 0 Å². The first-order valence-electron chi connectivity index (χ1n) is 21.1. The number of amides is 4. The van der Waals surface area contributed by atoms with E-state index >= 15 is 0 Å². The van der Waals surface area contributed by atoms with Crippen molar-refractivity contribution >= 4 is 56.1 Å². The number of fused-ring (bicyclic) bond motifs is 3. The average Bonchev–Trinajstić information content (AvgIpc) is 3.97. The minimum absolute atomic E-state index is 0.0201. The molecule has 3 aromatic rings. The topological polar surface area (TPSA) is 204 Å². The van der Waals surface area contributed by atoms with Crippen molar-refractivity contribution in [3.63, 3.8) is 0 Å². The lowest BCUT2D eigenvalue weighted by atomic mass is 9.87. The monoisotopic (exact) mass is 878 g/mol. The predicted octanol–water partition coefficient (Wildman–Crippen LogP) is 4.94. The third kappa shape index (κ3) is 9.30. The third-order valence-electron chi connectivity index (χ3n) is 12.7. The SMILES string of the molecule is C=C[C@H]1C[C@@]1(NC(=O)[C@@H]1C[C@@H]2CN1C(=O)[C@H](C1CCCC1)NC(=O)OCC(C)(C)CCCc1cc3c(cc(OCc4cscn4)nc3cc1OC)O2)C(=O)NS(=O)(=O)C1CC1. The van der Waals surface area contributed by atoms with Gasteiger partial charge in [-0.1, -0.05) is 32.8 Å². The van der Waals surface area contributed by atoms with E-state index in [2.05, 4.69) is 26.9 Å². The van der Waals surface area contributed by atoms with Crippen molar-refractivity contribution in [1.82, 2.24) is 30.2 Å². The summed E-state index contributed by atoms with van der Waals surface area (Å²) >= 11 is 1.45. The lowest BCUT2D eigenvalue weighted by Crippen LogP contribution is -2.59. The van der Waals surface area contributed by atoms with E-state index in [9.17, 15) is 27.6 Å². The Bertz CT molecular complexity index is 2290. The number of cyclic esters (lactones) is 1. The molecular formula is C43H54N6O10S2. The molecule has 3 aliphatic carbocycles. The van der Waals surface area contributed by atoms with Gasteiger partial charge in [0, 0.05) is 35.2 Å². The molecule has 3 saturated carbocycles. The Morgan fingerprint density at radius 2 is 1.92 bits per heavy atom. The van der Waals surface area contributed by atoms with Gasteiger partial charge in [-0.2, -0.15) is 0 Å². The van der Waals surface area contributed by atoms with Crippen molar-refractivity contribution in [2.24, 2.45) is 17.3 Å². The second-order valence-electron chi connectivity index (χ2n) is 17.8. The molecule has 4 heterocycles. The van der Waals surface area contributed by atoms with Gasteiger partial charge in [-0.15, -0.1) is 17.9 Å². The van der Waals surface area contributed by atoms with Gasteiger partial charge in [0.05, 0.1) is 42.2 Å². The van der Waals surface area contributed by atoms with Crippen molar-refractivity contribution in [3.8, 4) is 17.4 Å². The van der Waals surface area contributed by atoms with Crippen molar-refractivity contribution in [2.45, 2.75) is 120 Å². The molecule has 328 valence electrons. The number of aryl methyl sites for hydroxylation is 1. The van der Waals surface area contributed by atoms with Gasteiger partial charge >= 0.3 is 6.09 Å². The average molecular weight is 879 g/mol. The first-order valence-corrected chi connectivity index (χ1v) is 23.6. The Labute approximate surface area is 359 Å². The maximum Gasteiger partial charge on any atom is 0.407 e. The number of rotatable bonds is 11. The fraction of sp³-hybridized carbons (Fsp3) is 0.581. The van der Waals surface area contributed by atoms with Crippen LogP contribution >= 0.6 is 11.3 Å². The maximum atomic E-state index is 14.9. The van der Waals surface area contributed by atoms with Crippen molar-refractivity contribution in [1.29, 1.82) is 0 Å². The summed E-state index contributed by atoms with van der Waals surface area (Å²) in [6.07, 6.45) is 6.42. The van der Waals surface area contributed by atoms with E-state index in [1.54, 1.807) is 18.7 Å². The van der Waals surface area contributed by atoms with Gasteiger partial charge in [0.25, 0.3) is 5.91 Å². The fourth-order valence-electron chi connectivity index (χ4n) is 8.94. The van der Waals surface area contributed by atoms with Gasteiger partial charge in [-0.05, 0) is 74.3 Å². The van der Waals surface area contributed by atoms with E-state index in [0.29, 0.717) is 54.5 Å². The molecule has 0 unspecified atom stereocenters. The highest BCUT2D eigenvalue weighted by Crippen LogP contribution is 2.46. The second-order valence-corrected chi connectivity index (χ2v) is 20.5. The Hall–Kier alpha value is -4.97. The van der Waals surface area contributed by atoms with Crippen LogP contribution in [0.25, 0.3) is 10.9 Å². The summed E-state index contributed by atoms with van der Waals surface area (Å²) in [5.41, 5.74) is 1.96.